The lowest BCUT2D eigenvalue weighted by Crippen LogP contribution is -2.47. The maximum atomic E-state index is 9.29. The van der Waals surface area contributed by atoms with Crippen LogP contribution >= 0.6 is 0 Å². The standard InChI is InChI=1S/C22H22N6/c1-17-15-21(25-20-10-6-5-7-18(20)16-23)26-22(24-17)28-13-11-27(12-14-28)19-8-3-2-4-9-19/h2-10,15H,11-14H2,1H3,(H,24,25,26). The van der Waals surface area contributed by atoms with Crippen LogP contribution < -0.4 is 15.1 Å². The Morgan fingerprint density at radius 1 is 0.893 bits per heavy atom. The molecule has 0 bridgehead atoms. The summed E-state index contributed by atoms with van der Waals surface area (Å²) in [7, 11) is 0. The van der Waals surface area contributed by atoms with Crippen LogP contribution in [0.1, 0.15) is 11.3 Å². The topological polar surface area (TPSA) is 68.1 Å². The zero-order valence-electron chi connectivity index (χ0n) is 15.8. The second-order valence-electron chi connectivity index (χ2n) is 6.79. The molecule has 6 nitrogen and oxygen atoms in total. The lowest BCUT2D eigenvalue weighted by Gasteiger charge is -2.36. The fourth-order valence-corrected chi connectivity index (χ4v) is 3.39. The van der Waals surface area contributed by atoms with Crippen LogP contribution in [0.25, 0.3) is 0 Å². The van der Waals surface area contributed by atoms with E-state index in [1.54, 1.807) is 6.07 Å². The molecule has 0 spiro atoms. The van der Waals surface area contributed by atoms with E-state index in [0.717, 1.165) is 43.5 Å². The number of para-hydroxylation sites is 2. The number of nitrogens with one attached hydrogen (secondary N) is 1. The smallest absolute Gasteiger partial charge is 0.227 e. The van der Waals surface area contributed by atoms with Gasteiger partial charge in [-0.2, -0.15) is 10.2 Å². The van der Waals surface area contributed by atoms with Crippen molar-refractivity contribution in [2.75, 3.05) is 41.3 Å². The largest absolute Gasteiger partial charge is 0.368 e. The summed E-state index contributed by atoms with van der Waals surface area (Å²) >= 11 is 0. The molecule has 2 aromatic carbocycles. The van der Waals surface area contributed by atoms with Crippen LogP contribution in [0.15, 0.2) is 60.7 Å². The monoisotopic (exact) mass is 370 g/mol. The molecule has 0 radical (unpaired) electrons. The van der Waals surface area contributed by atoms with Gasteiger partial charge in [0.25, 0.3) is 0 Å². The minimum atomic E-state index is 0.594. The lowest BCUT2D eigenvalue weighted by atomic mass is 10.2. The summed E-state index contributed by atoms with van der Waals surface area (Å²) in [6.07, 6.45) is 0. The molecule has 28 heavy (non-hydrogen) atoms. The molecule has 0 aliphatic carbocycles. The number of piperazine rings is 1. The maximum absolute atomic E-state index is 9.29. The Hall–Kier alpha value is -3.59. The highest BCUT2D eigenvalue weighted by molar-refractivity contribution is 5.65. The fraction of sp³-hybridized carbons (Fsp3) is 0.227. The molecule has 2 heterocycles. The third kappa shape index (κ3) is 3.89. The third-order valence-electron chi connectivity index (χ3n) is 4.84. The number of nitriles is 1. The van der Waals surface area contributed by atoms with Crippen molar-refractivity contribution in [1.29, 1.82) is 5.26 Å². The van der Waals surface area contributed by atoms with Gasteiger partial charge in [0.2, 0.25) is 5.95 Å². The zero-order valence-corrected chi connectivity index (χ0v) is 15.8. The van der Waals surface area contributed by atoms with Gasteiger partial charge in [0, 0.05) is 43.6 Å². The molecular formula is C22H22N6. The molecule has 3 aromatic rings. The first-order valence-electron chi connectivity index (χ1n) is 9.40. The average Bonchev–Trinajstić information content (AvgIpc) is 2.74. The molecule has 0 amide bonds. The van der Waals surface area contributed by atoms with Gasteiger partial charge in [0.1, 0.15) is 11.9 Å². The van der Waals surface area contributed by atoms with Crippen molar-refractivity contribution < 1.29 is 0 Å². The summed E-state index contributed by atoms with van der Waals surface area (Å²) in [6, 6.07) is 22.0. The highest BCUT2D eigenvalue weighted by Gasteiger charge is 2.20. The normalized spacial score (nSPS) is 13.9. The van der Waals surface area contributed by atoms with E-state index in [0.29, 0.717) is 11.4 Å². The second kappa shape index (κ2) is 7.97. The van der Waals surface area contributed by atoms with Crippen molar-refractivity contribution in [3.05, 3.63) is 71.9 Å². The van der Waals surface area contributed by atoms with Crippen LogP contribution in [0, 0.1) is 18.3 Å². The molecule has 0 saturated carbocycles. The van der Waals surface area contributed by atoms with E-state index in [1.165, 1.54) is 5.69 Å². The van der Waals surface area contributed by atoms with Crippen molar-refractivity contribution in [3.63, 3.8) is 0 Å². The van der Waals surface area contributed by atoms with Gasteiger partial charge in [-0.25, -0.2) is 4.98 Å². The highest BCUT2D eigenvalue weighted by atomic mass is 15.3. The number of hydrogen-bond donors (Lipinski definition) is 1. The number of rotatable bonds is 4. The first kappa shape index (κ1) is 17.8. The number of nitrogens with zero attached hydrogens (tertiary/aromatic N) is 5. The number of hydrogen-bond acceptors (Lipinski definition) is 6. The van der Waals surface area contributed by atoms with Gasteiger partial charge in [-0.05, 0) is 31.2 Å². The van der Waals surface area contributed by atoms with Gasteiger partial charge in [0.05, 0.1) is 11.3 Å². The van der Waals surface area contributed by atoms with Crippen LogP contribution in [0.2, 0.25) is 0 Å². The minimum absolute atomic E-state index is 0.594. The van der Waals surface area contributed by atoms with E-state index in [-0.39, 0.29) is 0 Å². The zero-order chi connectivity index (χ0) is 19.3. The van der Waals surface area contributed by atoms with Crippen molar-refractivity contribution in [1.82, 2.24) is 9.97 Å². The molecule has 140 valence electrons. The number of benzene rings is 2. The molecule has 1 aromatic heterocycles. The first-order chi connectivity index (χ1) is 13.7. The van der Waals surface area contributed by atoms with Crippen molar-refractivity contribution >= 4 is 23.1 Å². The van der Waals surface area contributed by atoms with Crippen molar-refractivity contribution in [3.8, 4) is 6.07 Å². The van der Waals surface area contributed by atoms with Crippen LogP contribution in [-0.4, -0.2) is 36.1 Å². The lowest BCUT2D eigenvalue weighted by molar-refractivity contribution is 0.639. The molecule has 1 aliphatic rings. The highest BCUT2D eigenvalue weighted by Crippen LogP contribution is 2.23. The summed E-state index contributed by atoms with van der Waals surface area (Å²) in [5, 5.41) is 12.6. The van der Waals surface area contributed by atoms with Crippen molar-refractivity contribution in [2.45, 2.75) is 6.92 Å². The third-order valence-corrected chi connectivity index (χ3v) is 4.84. The number of aryl methyl sites for hydroxylation is 1. The van der Waals surface area contributed by atoms with Crippen LogP contribution in [-0.2, 0) is 0 Å². The van der Waals surface area contributed by atoms with Crippen molar-refractivity contribution in [2.24, 2.45) is 0 Å². The van der Waals surface area contributed by atoms with Gasteiger partial charge in [0.15, 0.2) is 0 Å². The van der Waals surface area contributed by atoms with E-state index in [2.05, 4.69) is 50.4 Å². The Kier molecular flexibility index (Phi) is 5.07. The molecule has 1 fully saturated rings. The van der Waals surface area contributed by atoms with E-state index in [4.69, 9.17) is 4.98 Å². The first-order valence-corrected chi connectivity index (χ1v) is 9.40. The SMILES string of the molecule is Cc1cc(Nc2ccccc2C#N)nc(N2CCN(c3ccccc3)CC2)n1. The summed E-state index contributed by atoms with van der Waals surface area (Å²) < 4.78 is 0. The molecule has 1 N–H and O–H groups in total. The maximum Gasteiger partial charge on any atom is 0.227 e. The fourth-order valence-electron chi connectivity index (χ4n) is 3.39. The van der Waals surface area contributed by atoms with E-state index in [1.807, 2.05) is 37.3 Å². The Balaban J connectivity index is 1.50. The second-order valence-corrected chi connectivity index (χ2v) is 6.79. The number of anilines is 4. The quantitative estimate of drug-likeness (QED) is 0.755. The van der Waals surface area contributed by atoms with E-state index < -0.39 is 0 Å². The Morgan fingerprint density at radius 2 is 1.57 bits per heavy atom. The van der Waals surface area contributed by atoms with Crippen LogP contribution in [0.5, 0.6) is 0 Å². The van der Waals surface area contributed by atoms with Gasteiger partial charge in [-0.15, -0.1) is 0 Å². The number of aromatic nitrogens is 2. The van der Waals surface area contributed by atoms with E-state index >= 15 is 0 Å². The molecule has 0 unspecified atom stereocenters. The van der Waals surface area contributed by atoms with Gasteiger partial charge < -0.3 is 15.1 Å². The molecular weight excluding hydrogens is 348 g/mol. The summed E-state index contributed by atoms with van der Waals surface area (Å²) in [5.74, 6) is 1.43. The molecule has 1 aliphatic heterocycles. The predicted molar refractivity (Wildman–Crippen MR) is 112 cm³/mol. The molecule has 0 atom stereocenters. The predicted octanol–water partition coefficient (Wildman–Crippen LogP) is 3.73. The molecule has 4 rings (SSSR count). The van der Waals surface area contributed by atoms with Gasteiger partial charge in [-0.1, -0.05) is 30.3 Å². The Bertz CT molecular complexity index is 987. The molecule has 1 saturated heterocycles. The van der Waals surface area contributed by atoms with Crippen LogP contribution in [0.4, 0.5) is 23.1 Å². The van der Waals surface area contributed by atoms with Gasteiger partial charge >= 0.3 is 0 Å². The van der Waals surface area contributed by atoms with E-state index in [9.17, 15) is 5.26 Å². The average molecular weight is 370 g/mol. The summed E-state index contributed by atoms with van der Waals surface area (Å²) in [4.78, 5) is 13.9. The van der Waals surface area contributed by atoms with Gasteiger partial charge in [-0.3, -0.25) is 0 Å². The Morgan fingerprint density at radius 3 is 2.32 bits per heavy atom. The Labute approximate surface area is 165 Å². The summed E-state index contributed by atoms with van der Waals surface area (Å²) in [6.45, 7) is 5.56. The summed E-state index contributed by atoms with van der Waals surface area (Å²) in [5.41, 5.74) is 3.50. The molecule has 6 heteroatoms. The van der Waals surface area contributed by atoms with Crippen LogP contribution in [0.3, 0.4) is 0 Å². The minimum Gasteiger partial charge on any atom is -0.368 e.